The van der Waals surface area contributed by atoms with E-state index in [2.05, 4.69) is 0 Å². The summed E-state index contributed by atoms with van der Waals surface area (Å²) < 4.78 is 17.7. The Bertz CT molecular complexity index is 1490. The third kappa shape index (κ3) is 3.85. The molecule has 35 heavy (non-hydrogen) atoms. The maximum absolute atomic E-state index is 13.8. The molecular formula is C29H27NO5. The summed E-state index contributed by atoms with van der Waals surface area (Å²) in [7, 11) is 0. The zero-order chi connectivity index (χ0) is 24.7. The van der Waals surface area contributed by atoms with E-state index in [-0.39, 0.29) is 17.1 Å². The summed E-state index contributed by atoms with van der Waals surface area (Å²) in [5.74, 6) is 0.910. The molecule has 2 heterocycles. The zero-order valence-electron chi connectivity index (χ0n) is 20.3. The second kappa shape index (κ2) is 8.95. The highest BCUT2D eigenvalue weighted by Crippen LogP contribution is 2.43. The molecule has 4 aromatic rings. The van der Waals surface area contributed by atoms with Crippen molar-refractivity contribution in [2.24, 2.45) is 0 Å². The molecule has 0 saturated carbocycles. The van der Waals surface area contributed by atoms with Gasteiger partial charge in [0.2, 0.25) is 5.76 Å². The molecule has 0 bridgehead atoms. The highest BCUT2D eigenvalue weighted by molar-refractivity contribution is 6.10. The number of ether oxygens (including phenoxy) is 2. The largest absolute Gasteiger partial charge is 0.490 e. The maximum atomic E-state index is 13.8. The van der Waals surface area contributed by atoms with Crippen LogP contribution in [0.5, 0.6) is 11.5 Å². The average Bonchev–Trinajstić information content (AvgIpc) is 3.14. The lowest BCUT2D eigenvalue weighted by Crippen LogP contribution is -2.29. The van der Waals surface area contributed by atoms with Gasteiger partial charge in [-0.15, -0.1) is 0 Å². The van der Waals surface area contributed by atoms with E-state index in [9.17, 15) is 9.59 Å². The summed E-state index contributed by atoms with van der Waals surface area (Å²) in [5.41, 5.74) is 3.97. The van der Waals surface area contributed by atoms with Gasteiger partial charge in [-0.05, 0) is 69.7 Å². The van der Waals surface area contributed by atoms with Crippen LogP contribution in [0.25, 0.3) is 11.0 Å². The Hall–Kier alpha value is -4.06. The number of hydrogen-bond acceptors (Lipinski definition) is 5. The molecule has 0 spiro atoms. The molecule has 178 valence electrons. The van der Waals surface area contributed by atoms with Gasteiger partial charge in [0.05, 0.1) is 30.2 Å². The first kappa shape index (κ1) is 22.7. The molecule has 5 rings (SSSR count). The number of carbonyl (C=O) groups is 1. The molecule has 1 atom stereocenters. The molecule has 0 radical (unpaired) electrons. The summed E-state index contributed by atoms with van der Waals surface area (Å²) in [6.45, 7) is 8.68. The van der Waals surface area contributed by atoms with Crippen molar-refractivity contribution in [1.29, 1.82) is 0 Å². The van der Waals surface area contributed by atoms with Gasteiger partial charge in [-0.2, -0.15) is 0 Å². The maximum Gasteiger partial charge on any atom is 0.295 e. The van der Waals surface area contributed by atoms with Crippen LogP contribution in [0.3, 0.4) is 0 Å². The third-order valence-corrected chi connectivity index (χ3v) is 6.22. The van der Waals surface area contributed by atoms with Crippen LogP contribution in [0.2, 0.25) is 0 Å². The lowest BCUT2D eigenvalue weighted by atomic mass is 9.97. The first-order chi connectivity index (χ1) is 16.9. The minimum atomic E-state index is -0.670. The number of benzene rings is 3. The van der Waals surface area contributed by atoms with Crippen molar-refractivity contribution in [1.82, 2.24) is 0 Å². The predicted molar refractivity (Wildman–Crippen MR) is 136 cm³/mol. The molecule has 1 aliphatic heterocycles. The first-order valence-corrected chi connectivity index (χ1v) is 11.8. The fraction of sp³-hybridized carbons (Fsp3) is 0.241. The van der Waals surface area contributed by atoms with Crippen molar-refractivity contribution in [3.05, 3.63) is 98.9 Å². The molecule has 6 heteroatoms. The van der Waals surface area contributed by atoms with E-state index in [4.69, 9.17) is 13.9 Å². The monoisotopic (exact) mass is 469 g/mol. The molecule has 1 unspecified atom stereocenters. The van der Waals surface area contributed by atoms with E-state index < -0.39 is 6.04 Å². The minimum absolute atomic E-state index is 0.0729. The quantitative estimate of drug-likeness (QED) is 0.349. The van der Waals surface area contributed by atoms with Gasteiger partial charge in [-0.25, -0.2) is 0 Å². The van der Waals surface area contributed by atoms with Crippen LogP contribution < -0.4 is 19.8 Å². The SMILES string of the molecule is CCOc1ccc(C2c3c(oc4ccc(C)cc4c3=O)C(=O)N2c2ccc(C)cc2)cc1OCC. The first-order valence-electron chi connectivity index (χ1n) is 11.8. The summed E-state index contributed by atoms with van der Waals surface area (Å²) in [6, 6.07) is 18.0. The van der Waals surface area contributed by atoms with E-state index in [0.29, 0.717) is 46.9 Å². The van der Waals surface area contributed by atoms with Crippen molar-refractivity contribution < 1.29 is 18.7 Å². The third-order valence-electron chi connectivity index (χ3n) is 6.22. The van der Waals surface area contributed by atoms with E-state index in [1.165, 1.54) is 0 Å². The van der Waals surface area contributed by atoms with Crippen LogP contribution in [0.15, 0.2) is 69.9 Å². The smallest absolute Gasteiger partial charge is 0.295 e. The molecule has 1 amide bonds. The van der Waals surface area contributed by atoms with Crippen LogP contribution in [0.1, 0.15) is 52.7 Å². The summed E-state index contributed by atoms with van der Waals surface area (Å²) in [4.78, 5) is 29.2. The van der Waals surface area contributed by atoms with Gasteiger partial charge in [0, 0.05) is 5.69 Å². The van der Waals surface area contributed by atoms with Crippen molar-refractivity contribution in [3.63, 3.8) is 0 Å². The van der Waals surface area contributed by atoms with Gasteiger partial charge >= 0.3 is 0 Å². The lowest BCUT2D eigenvalue weighted by Gasteiger charge is -2.26. The van der Waals surface area contributed by atoms with Crippen LogP contribution in [-0.4, -0.2) is 19.1 Å². The van der Waals surface area contributed by atoms with Gasteiger partial charge in [0.15, 0.2) is 16.9 Å². The predicted octanol–water partition coefficient (Wildman–Crippen LogP) is 5.96. The molecule has 3 aromatic carbocycles. The highest BCUT2D eigenvalue weighted by Gasteiger charge is 2.44. The lowest BCUT2D eigenvalue weighted by molar-refractivity contribution is 0.0971. The Balaban J connectivity index is 1.78. The molecule has 1 aliphatic rings. The van der Waals surface area contributed by atoms with Gasteiger partial charge in [0.25, 0.3) is 5.91 Å². The normalized spacial score (nSPS) is 14.9. The van der Waals surface area contributed by atoms with E-state index in [1.807, 2.05) is 76.2 Å². The minimum Gasteiger partial charge on any atom is -0.490 e. The molecule has 0 N–H and O–H groups in total. The van der Waals surface area contributed by atoms with Crippen LogP contribution in [-0.2, 0) is 0 Å². The van der Waals surface area contributed by atoms with E-state index >= 15 is 0 Å². The number of nitrogens with zero attached hydrogens (tertiary/aromatic N) is 1. The fourth-order valence-corrected chi connectivity index (χ4v) is 4.61. The number of rotatable bonds is 6. The van der Waals surface area contributed by atoms with E-state index in [0.717, 1.165) is 16.7 Å². The van der Waals surface area contributed by atoms with E-state index in [1.54, 1.807) is 17.0 Å². The molecule has 0 fully saturated rings. The Morgan fingerprint density at radius 2 is 1.51 bits per heavy atom. The molecule has 0 aliphatic carbocycles. The Kier molecular flexibility index (Phi) is 5.81. The van der Waals surface area contributed by atoms with Crippen molar-refractivity contribution in [2.75, 3.05) is 18.1 Å². The summed E-state index contributed by atoms with van der Waals surface area (Å²) in [5, 5.41) is 0.461. The number of carbonyl (C=O) groups excluding carboxylic acids is 1. The van der Waals surface area contributed by atoms with Crippen molar-refractivity contribution in [2.45, 2.75) is 33.7 Å². The summed E-state index contributed by atoms with van der Waals surface area (Å²) >= 11 is 0. The second-order valence-electron chi connectivity index (χ2n) is 8.66. The van der Waals surface area contributed by atoms with Gasteiger partial charge in [-0.1, -0.05) is 35.4 Å². The van der Waals surface area contributed by atoms with Gasteiger partial charge in [-0.3, -0.25) is 14.5 Å². The Labute approximate surface area is 203 Å². The number of amides is 1. The second-order valence-corrected chi connectivity index (χ2v) is 8.66. The Morgan fingerprint density at radius 3 is 2.23 bits per heavy atom. The topological polar surface area (TPSA) is 69.0 Å². The Morgan fingerprint density at radius 1 is 0.829 bits per heavy atom. The number of anilines is 1. The number of hydrogen-bond donors (Lipinski definition) is 0. The molecule has 0 saturated heterocycles. The molecular weight excluding hydrogens is 442 g/mol. The average molecular weight is 470 g/mol. The standard InChI is InChI=1S/C29H27NO5/c1-5-33-23-14-10-19(16-24(23)34-6-2)26-25-27(31)21-15-18(4)9-13-22(21)35-28(25)29(32)30(26)20-11-7-17(3)8-12-20/h7-16,26H,5-6H2,1-4H3. The number of fused-ring (bicyclic) bond motifs is 2. The molecule has 1 aromatic heterocycles. The van der Waals surface area contributed by atoms with Crippen LogP contribution in [0.4, 0.5) is 5.69 Å². The van der Waals surface area contributed by atoms with Crippen molar-refractivity contribution >= 4 is 22.6 Å². The number of aryl methyl sites for hydroxylation is 2. The fourth-order valence-electron chi connectivity index (χ4n) is 4.61. The van der Waals surface area contributed by atoms with Gasteiger partial charge < -0.3 is 13.9 Å². The van der Waals surface area contributed by atoms with Crippen molar-refractivity contribution in [3.8, 4) is 11.5 Å². The summed E-state index contributed by atoms with van der Waals surface area (Å²) in [6.07, 6.45) is 0. The molecule has 6 nitrogen and oxygen atoms in total. The highest BCUT2D eigenvalue weighted by atomic mass is 16.5. The van der Waals surface area contributed by atoms with Crippen LogP contribution >= 0.6 is 0 Å². The van der Waals surface area contributed by atoms with Crippen LogP contribution in [0, 0.1) is 13.8 Å². The van der Waals surface area contributed by atoms with Gasteiger partial charge in [0.1, 0.15) is 5.58 Å². The zero-order valence-corrected chi connectivity index (χ0v) is 20.3.